The Bertz CT molecular complexity index is 1110. The molecule has 13 heteroatoms. The van der Waals surface area contributed by atoms with Crippen molar-refractivity contribution >= 4 is 23.5 Å². The molecule has 0 fully saturated rings. The SMILES string of the molecule is Nc1nccc(COc2cccnc2NCCNC(=O)Nc2cc(F)cc(C(F)(F)F)c2)n1. The van der Waals surface area contributed by atoms with Crippen molar-refractivity contribution in [1.29, 1.82) is 0 Å². The number of halogens is 4. The normalized spacial score (nSPS) is 11.0. The Kier molecular flexibility index (Phi) is 7.43. The van der Waals surface area contributed by atoms with Gasteiger partial charge in [0.25, 0.3) is 0 Å². The first-order valence-corrected chi connectivity index (χ1v) is 9.52. The van der Waals surface area contributed by atoms with Gasteiger partial charge in [0, 0.05) is 31.2 Å². The fourth-order valence-corrected chi connectivity index (χ4v) is 2.64. The highest BCUT2D eigenvalue weighted by Gasteiger charge is 2.31. The Hall–Kier alpha value is -4.16. The molecule has 2 aromatic heterocycles. The van der Waals surface area contributed by atoms with Crippen LogP contribution in [-0.2, 0) is 12.8 Å². The van der Waals surface area contributed by atoms with Crippen LogP contribution in [0.15, 0.2) is 48.8 Å². The molecule has 1 aromatic carbocycles. The molecule has 0 aliphatic heterocycles. The minimum Gasteiger partial charge on any atom is -0.483 e. The predicted octanol–water partition coefficient (Wildman–Crippen LogP) is 3.42. The van der Waals surface area contributed by atoms with Crippen molar-refractivity contribution < 1.29 is 27.1 Å². The van der Waals surface area contributed by atoms with E-state index in [1.165, 1.54) is 6.20 Å². The first kappa shape index (κ1) is 23.5. The molecule has 0 spiro atoms. The minimum atomic E-state index is -4.73. The monoisotopic (exact) mass is 465 g/mol. The van der Waals surface area contributed by atoms with Crippen LogP contribution in [0.1, 0.15) is 11.3 Å². The number of benzene rings is 1. The van der Waals surface area contributed by atoms with Crippen LogP contribution in [0.3, 0.4) is 0 Å². The molecule has 5 N–H and O–H groups in total. The van der Waals surface area contributed by atoms with Crippen LogP contribution in [-0.4, -0.2) is 34.1 Å². The molecule has 3 rings (SSSR count). The maximum Gasteiger partial charge on any atom is 0.416 e. The number of nitrogens with two attached hydrogens (primary N) is 1. The molecule has 174 valence electrons. The van der Waals surface area contributed by atoms with Gasteiger partial charge < -0.3 is 26.4 Å². The molecule has 0 radical (unpaired) electrons. The molecule has 0 atom stereocenters. The highest BCUT2D eigenvalue weighted by atomic mass is 19.4. The maximum atomic E-state index is 13.4. The molecular weight excluding hydrogens is 446 g/mol. The van der Waals surface area contributed by atoms with Gasteiger partial charge in [-0.15, -0.1) is 0 Å². The van der Waals surface area contributed by atoms with Crippen LogP contribution in [0.2, 0.25) is 0 Å². The number of nitrogens with one attached hydrogen (secondary N) is 3. The summed E-state index contributed by atoms with van der Waals surface area (Å²) in [5, 5.41) is 7.59. The lowest BCUT2D eigenvalue weighted by atomic mass is 10.2. The topological polar surface area (TPSA) is 127 Å². The standard InChI is InChI=1S/C20H19F4N7O2/c21-13-8-12(20(22,23)24)9-15(10-13)31-19(32)29-7-6-27-17-16(2-1-4-26-17)33-11-14-3-5-28-18(25)30-14/h1-5,8-10H,6-7,11H2,(H,26,27)(H2,25,28,30)(H2,29,31,32). The smallest absolute Gasteiger partial charge is 0.416 e. The van der Waals surface area contributed by atoms with Gasteiger partial charge >= 0.3 is 12.2 Å². The van der Waals surface area contributed by atoms with E-state index < -0.39 is 23.6 Å². The van der Waals surface area contributed by atoms with E-state index in [1.54, 1.807) is 24.4 Å². The van der Waals surface area contributed by atoms with Gasteiger partial charge in [0.05, 0.1) is 11.3 Å². The molecule has 9 nitrogen and oxygen atoms in total. The molecule has 0 aliphatic rings. The second kappa shape index (κ2) is 10.4. The van der Waals surface area contributed by atoms with E-state index in [1.807, 2.05) is 0 Å². The van der Waals surface area contributed by atoms with Crippen LogP contribution in [0.5, 0.6) is 5.75 Å². The largest absolute Gasteiger partial charge is 0.483 e. The zero-order valence-electron chi connectivity index (χ0n) is 17.0. The third-order valence-corrected chi connectivity index (χ3v) is 4.06. The Labute approximate surface area is 185 Å². The molecule has 2 heterocycles. The number of hydrogen-bond donors (Lipinski definition) is 4. The lowest BCUT2D eigenvalue weighted by Gasteiger charge is -2.13. The number of amides is 2. The Morgan fingerprint density at radius 2 is 1.91 bits per heavy atom. The fraction of sp³-hybridized carbons (Fsp3) is 0.200. The van der Waals surface area contributed by atoms with E-state index in [2.05, 4.69) is 30.9 Å². The third kappa shape index (κ3) is 7.19. The van der Waals surface area contributed by atoms with Gasteiger partial charge in [-0.2, -0.15) is 13.2 Å². The number of pyridine rings is 1. The number of carbonyl (C=O) groups is 1. The van der Waals surface area contributed by atoms with Gasteiger partial charge in [0.2, 0.25) is 5.95 Å². The number of aromatic nitrogens is 3. The van der Waals surface area contributed by atoms with Gasteiger partial charge in [-0.3, -0.25) is 0 Å². The number of nitrogens with zero attached hydrogens (tertiary/aromatic N) is 3. The second-order valence-electron chi connectivity index (χ2n) is 6.58. The van der Waals surface area contributed by atoms with Crippen molar-refractivity contribution in [2.24, 2.45) is 0 Å². The number of ether oxygens (including phenoxy) is 1. The average molecular weight is 465 g/mol. The fourth-order valence-electron chi connectivity index (χ4n) is 2.64. The summed E-state index contributed by atoms with van der Waals surface area (Å²) in [7, 11) is 0. The first-order chi connectivity index (χ1) is 15.7. The molecule has 33 heavy (non-hydrogen) atoms. The summed E-state index contributed by atoms with van der Waals surface area (Å²) in [6, 6.07) is 5.99. The predicted molar refractivity (Wildman–Crippen MR) is 112 cm³/mol. The van der Waals surface area contributed by atoms with Gasteiger partial charge in [-0.25, -0.2) is 24.1 Å². The molecule has 0 saturated carbocycles. The molecule has 0 unspecified atom stereocenters. The number of urea groups is 1. The van der Waals surface area contributed by atoms with Crippen molar-refractivity contribution in [3.8, 4) is 5.75 Å². The molecule has 3 aromatic rings. The average Bonchev–Trinajstić information content (AvgIpc) is 2.75. The van der Waals surface area contributed by atoms with Crippen LogP contribution in [0.25, 0.3) is 0 Å². The Morgan fingerprint density at radius 3 is 2.67 bits per heavy atom. The van der Waals surface area contributed by atoms with Crippen LogP contribution >= 0.6 is 0 Å². The number of anilines is 3. The van der Waals surface area contributed by atoms with Crippen molar-refractivity contribution in [3.05, 3.63) is 65.9 Å². The van der Waals surface area contributed by atoms with E-state index in [9.17, 15) is 22.4 Å². The molecule has 0 aliphatic carbocycles. The summed E-state index contributed by atoms with van der Waals surface area (Å²) < 4.78 is 57.4. The Balaban J connectivity index is 1.48. The Morgan fingerprint density at radius 1 is 1.09 bits per heavy atom. The van der Waals surface area contributed by atoms with Crippen LogP contribution < -0.4 is 26.4 Å². The van der Waals surface area contributed by atoms with Crippen LogP contribution in [0, 0.1) is 5.82 Å². The van der Waals surface area contributed by atoms with E-state index in [0.717, 1.165) is 6.07 Å². The summed E-state index contributed by atoms with van der Waals surface area (Å²) in [6.07, 6.45) is -1.68. The maximum absolute atomic E-state index is 13.4. The number of nitrogen functional groups attached to an aromatic ring is 1. The van der Waals surface area contributed by atoms with Gasteiger partial charge in [0.1, 0.15) is 12.4 Å². The zero-order valence-corrected chi connectivity index (χ0v) is 17.0. The van der Waals surface area contributed by atoms with Gasteiger partial charge in [-0.05, 0) is 36.4 Å². The van der Waals surface area contributed by atoms with Gasteiger partial charge in [-0.1, -0.05) is 0 Å². The number of carbonyl (C=O) groups excluding carboxylic acids is 1. The molecule has 0 bridgehead atoms. The summed E-state index contributed by atoms with van der Waals surface area (Å²) in [4.78, 5) is 23.9. The van der Waals surface area contributed by atoms with Gasteiger partial charge in [0.15, 0.2) is 11.6 Å². The summed E-state index contributed by atoms with van der Waals surface area (Å²) in [5.74, 6) is -0.160. The van der Waals surface area contributed by atoms with Crippen molar-refractivity contribution in [2.45, 2.75) is 12.8 Å². The molecular formula is C20H19F4N7O2. The summed E-state index contributed by atoms with van der Waals surface area (Å²) in [6.45, 7) is 0.436. The van der Waals surface area contributed by atoms with E-state index in [-0.39, 0.29) is 31.3 Å². The number of hydrogen-bond acceptors (Lipinski definition) is 7. The van der Waals surface area contributed by atoms with E-state index in [4.69, 9.17) is 10.5 Å². The zero-order chi connectivity index (χ0) is 23.8. The number of rotatable bonds is 8. The second-order valence-corrected chi connectivity index (χ2v) is 6.58. The highest BCUT2D eigenvalue weighted by Crippen LogP contribution is 2.31. The van der Waals surface area contributed by atoms with E-state index in [0.29, 0.717) is 29.4 Å². The summed E-state index contributed by atoms with van der Waals surface area (Å²) >= 11 is 0. The molecule has 0 saturated heterocycles. The van der Waals surface area contributed by atoms with Crippen molar-refractivity contribution in [2.75, 3.05) is 29.5 Å². The third-order valence-electron chi connectivity index (χ3n) is 4.06. The van der Waals surface area contributed by atoms with E-state index >= 15 is 0 Å². The van der Waals surface area contributed by atoms with Crippen molar-refractivity contribution in [3.63, 3.8) is 0 Å². The highest BCUT2D eigenvalue weighted by molar-refractivity contribution is 5.89. The summed E-state index contributed by atoms with van der Waals surface area (Å²) in [5.41, 5.74) is 4.58. The lowest BCUT2D eigenvalue weighted by Crippen LogP contribution is -2.32. The molecule has 2 amide bonds. The van der Waals surface area contributed by atoms with Crippen molar-refractivity contribution in [1.82, 2.24) is 20.3 Å². The quantitative estimate of drug-likeness (QED) is 0.297. The lowest BCUT2D eigenvalue weighted by molar-refractivity contribution is -0.137. The van der Waals surface area contributed by atoms with Crippen LogP contribution in [0.4, 0.5) is 39.8 Å². The minimum absolute atomic E-state index is 0.0890. The first-order valence-electron chi connectivity index (χ1n) is 9.52. The number of alkyl halides is 3.